The highest BCUT2D eigenvalue weighted by Gasteiger charge is 2.33. The van der Waals surface area contributed by atoms with Crippen LogP contribution in [0.5, 0.6) is 0 Å². The van der Waals surface area contributed by atoms with E-state index in [9.17, 15) is 4.79 Å². The van der Waals surface area contributed by atoms with Crippen molar-refractivity contribution in [3.63, 3.8) is 0 Å². The highest BCUT2D eigenvalue weighted by atomic mass is 16.2. The van der Waals surface area contributed by atoms with Gasteiger partial charge in [0.05, 0.1) is 5.69 Å². The molecule has 19 heavy (non-hydrogen) atoms. The second-order valence-corrected chi connectivity index (χ2v) is 4.96. The van der Waals surface area contributed by atoms with Crippen LogP contribution in [-0.4, -0.2) is 21.7 Å². The van der Waals surface area contributed by atoms with Gasteiger partial charge >= 0.3 is 0 Å². The van der Waals surface area contributed by atoms with Crippen LogP contribution in [0, 0.1) is 0 Å². The summed E-state index contributed by atoms with van der Waals surface area (Å²) in [5.41, 5.74) is 8.75. The third kappa shape index (κ3) is 1.78. The number of carbonyl (C=O) groups is 1. The number of fused-ring (bicyclic) bond motifs is 1. The highest BCUT2D eigenvalue weighted by molar-refractivity contribution is 6.09. The zero-order chi connectivity index (χ0) is 13.6. The van der Waals surface area contributed by atoms with E-state index in [1.807, 2.05) is 25.1 Å². The largest absolute Gasteiger partial charge is 0.396 e. The molecule has 1 aromatic carbocycles. The molecule has 0 fully saturated rings. The molecule has 0 radical (unpaired) electrons. The lowest BCUT2D eigenvalue weighted by molar-refractivity contribution is 0.0977. The lowest BCUT2D eigenvalue weighted by Gasteiger charge is -2.21. The number of rotatable bonds is 1. The molecule has 1 unspecified atom stereocenters. The Kier molecular flexibility index (Phi) is 2.55. The molecule has 0 saturated heterocycles. The average Bonchev–Trinajstić information content (AvgIpc) is 2.87. The Morgan fingerprint density at radius 3 is 2.84 bits per heavy atom. The summed E-state index contributed by atoms with van der Waals surface area (Å²) in [6.45, 7) is 2.04. The monoisotopic (exact) mass is 256 g/mol. The minimum atomic E-state index is -0.129. The fourth-order valence-electron chi connectivity index (χ4n) is 2.66. The number of aryl methyl sites for hydroxylation is 1. The van der Waals surface area contributed by atoms with Crippen LogP contribution in [0.1, 0.15) is 23.0 Å². The zero-order valence-corrected chi connectivity index (χ0v) is 11.0. The van der Waals surface area contributed by atoms with Crippen LogP contribution in [0.3, 0.4) is 0 Å². The van der Waals surface area contributed by atoms with Gasteiger partial charge in [0.25, 0.3) is 5.91 Å². The van der Waals surface area contributed by atoms with Crippen LogP contribution >= 0.6 is 0 Å². The molecule has 1 aromatic heterocycles. The van der Waals surface area contributed by atoms with Crippen LogP contribution in [0.4, 0.5) is 11.4 Å². The number of para-hydroxylation sites is 1. The van der Waals surface area contributed by atoms with Crippen LogP contribution in [0.2, 0.25) is 0 Å². The molecule has 2 N–H and O–H groups in total. The molecular weight excluding hydrogens is 240 g/mol. The molecule has 2 aromatic rings. The maximum Gasteiger partial charge on any atom is 0.281 e. The Labute approximate surface area is 111 Å². The van der Waals surface area contributed by atoms with Gasteiger partial charge in [-0.15, -0.1) is 0 Å². The third-order valence-corrected chi connectivity index (χ3v) is 3.49. The number of carbonyl (C=O) groups excluding carboxylic acids is 1. The number of benzene rings is 1. The van der Waals surface area contributed by atoms with Crippen molar-refractivity contribution in [1.29, 1.82) is 0 Å². The van der Waals surface area contributed by atoms with Crippen molar-refractivity contribution in [2.75, 3.05) is 10.6 Å². The predicted molar refractivity (Wildman–Crippen MR) is 74.0 cm³/mol. The molecule has 3 rings (SSSR count). The number of nitrogen functional groups attached to an aromatic ring is 1. The van der Waals surface area contributed by atoms with Gasteiger partial charge < -0.3 is 10.6 Å². The summed E-state index contributed by atoms with van der Waals surface area (Å²) in [6.07, 6.45) is 2.52. The normalized spacial score (nSPS) is 17.6. The van der Waals surface area contributed by atoms with Crippen molar-refractivity contribution in [1.82, 2.24) is 9.78 Å². The van der Waals surface area contributed by atoms with E-state index >= 15 is 0 Å². The second-order valence-electron chi connectivity index (χ2n) is 4.96. The summed E-state index contributed by atoms with van der Waals surface area (Å²) >= 11 is 0. The number of nitrogens with two attached hydrogens (primary N) is 1. The summed E-state index contributed by atoms with van der Waals surface area (Å²) in [5.74, 6) is -0.129. The van der Waals surface area contributed by atoms with Crippen LogP contribution in [0.15, 0.2) is 30.5 Å². The van der Waals surface area contributed by atoms with Gasteiger partial charge in [-0.2, -0.15) is 5.10 Å². The van der Waals surface area contributed by atoms with Crippen LogP contribution in [0.25, 0.3) is 0 Å². The fourth-order valence-corrected chi connectivity index (χ4v) is 2.66. The van der Waals surface area contributed by atoms with E-state index in [1.165, 1.54) is 5.56 Å². The first-order valence-electron chi connectivity index (χ1n) is 6.28. The van der Waals surface area contributed by atoms with Crippen molar-refractivity contribution in [2.24, 2.45) is 7.05 Å². The van der Waals surface area contributed by atoms with E-state index in [2.05, 4.69) is 11.2 Å². The quantitative estimate of drug-likeness (QED) is 0.842. The Morgan fingerprint density at radius 1 is 1.42 bits per heavy atom. The third-order valence-electron chi connectivity index (χ3n) is 3.49. The van der Waals surface area contributed by atoms with E-state index < -0.39 is 0 Å². The zero-order valence-electron chi connectivity index (χ0n) is 11.0. The molecule has 5 nitrogen and oxygen atoms in total. The molecule has 0 saturated carbocycles. The molecule has 98 valence electrons. The van der Waals surface area contributed by atoms with E-state index in [0.717, 1.165) is 12.1 Å². The first-order valence-corrected chi connectivity index (χ1v) is 6.28. The molecule has 1 aliphatic heterocycles. The Balaban J connectivity index is 2.03. The van der Waals surface area contributed by atoms with E-state index in [-0.39, 0.29) is 11.9 Å². The predicted octanol–water partition coefficient (Wildman–Crippen LogP) is 1.59. The number of hydrogen-bond acceptors (Lipinski definition) is 3. The maximum absolute atomic E-state index is 12.6. The van der Waals surface area contributed by atoms with E-state index in [1.54, 1.807) is 22.8 Å². The van der Waals surface area contributed by atoms with Crippen molar-refractivity contribution in [2.45, 2.75) is 19.4 Å². The summed E-state index contributed by atoms with van der Waals surface area (Å²) in [4.78, 5) is 14.4. The molecule has 5 heteroatoms. The molecule has 1 atom stereocenters. The summed E-state index contributed by atoms with van der Waals surface area (Å²) in [5, 5.41) is 4.16. The molecule has 1 amide bonds. The topological polar surface area (TPSA) is 64.2 Å². The van der Waals surface area contributed by atoms with Crippen molar-refractivity contribution in [3.05, 3.63) is 41.7 Å². The summed E-state index contributed by atoms with van der Waals surface area (Å²) in [6, 6.07) is 8.09. The molecule has 2 heterocycles. The van der Waals surface area contributed by atoms with Crippen LogP contribution < -0.4 is 10.6 Å². The molecule has 0 spiro atoms. The fraction of sp³-hybridized carbons (Fsp3) is 0.286. The lowest BCUT2D eigenvalue weighted by atomic mass is 10.1. The van der Waals surface area contributed by atoms with Gasteiger partial charge in [0, 0.05) is 25.0 Å². The van der Waals surface area contributed by atoms with Crippen molar-refractivity contribution >= 4 is 17.3 Å². The first kappa shape index (κ1) is 11.8. The number of hydrogen-bond donors (Lipinski definition) is 1. The Bertz CT molecular complexity index is 647. The number of amides is 1. The lowest BCUT2D eigenvalue weighted by Crippen LogP contribution is -2.36. The first-order chi connectivity index (χ1) is 9.08. The molecule has 0 aliphatic carbocycles. The van der Waals surface area contributed by atoms with Gasteiger partial charge in [-0.05, 0) is 25.0 Å². The Morgan fingerprint density at radius 2 is 2.16 bits per heavy atom. The van der Waals surface area contributed by atoms with Gasteiger partial charge in [0.1, 0.15) is 0 Å². The SMILES string of the molecule is CC1Cc2ccccc2N1C(=O)c1nn(C)cc1N. The number of aromatic nitrogens is 2. The van der Waals surface area contributed by atoms with Crippen molar-refractivity contribution < 1.29 is 4.79 Å². The van der Waals surface area contributed by atoms with Gasteiger partial charge in [-0.1, -0.05) is 18.2 Å². The minimum Gasteiger partial charge on any atom is -0.396 e. The second kappa shape index (κ2) is 4.12. The standard InChI is InChI=1S/C14H16N4O/c1-9-7-10-5-3-4-6-12(10)18(9)14(19)13-11(15)8-17(2)16-13/h3-6,8-9H,7,15H2,1-2H3. The highest BCUT2D eigenvalue weighted by Crippen LogP contribution is 2.33. The molecular formula is C14H16N4O. The molecule has 0 bridgehead atoms. The van der Waals surface area contributed by atoms with Gasteiger partial charge in [0.15, 0.2) is 5.69 Å². The molecule has 1 aliphatic rings. The summed E-state index contributed by atoms with van der Waals surface area (Å²) in [7, 11) is 1.76. The summed E-state index contributed by atoms with van der Waals surface area (Å²) < 4.78 is 1.56. The van der Waals surface area contributed by atoms with Crippen molar-refractivity contribution in [3.8, 4) is 0 Å². The van der Waals surface area contributed by atoms with E-state index in [0.29, 0.717) is 11.4 Å². The number of anilines is 2. The van der Waals surface area contributed by atoms with Gasteiger partial charge in [0.2, 0.25) is 0 Å². The average molecular weight is 256 g/mol. The smallest absolute Gasteiger partial charge is 0.281 e. The maximum atomic E-state index is 12.6. The van der Waals surface area contributed by atoms with E-state index in [4.69, 9.17) is 5.73 Å². The Hall–Kier alpha value is -2.30. The van der Waals surface area contributed by atoms with Gasteiger partial charge in [-0.25, -0.2) is 0 Å². The number of nitrogens with zero attached hydrogens (tertiary/aromatic N) is 3. The van der Waals surface area contributed by atoms with Gasteiger partial charge in [-0.3, -0.25) is 9.48 Å². The van der Waals surface area contributed by atoms with Crippen LogP contribution in [-0.2, 0) is 13.5 Å². The minimum absolute atomic E-state index is 0.129.